The number of aromatic nitrogens is 4. The zero-order valence-electron chi connectivity index (χ0n) is 16.9. The third kappa shape index (κ3) is 5.09. The third-order valence-corrected chi connectivity index (χ3v) is 5.31. The van der Waals surface area contributed by atoms with Crippen LogP contribution in [0.15, 0.2) is 60.9 Å². The van der Waals surface area contributed by atoms with Gasteiger partial charge in [-0.15, -0.1) is 0 Å². The van der Waals surface area contributed by atoms with Gasteiger partial charge in [-0.2, -0.15) is 10.2 Å². The van der Waals surface area contributed by atoms with Crippen LogP contribution in [0.2, 0.25) is 10.0 Å². The van der Waals surface area contributed by atoms with Gasteiger partial charge in [0, 0.05) is 23.0 Å². The number of nitrogens with zero attached hydrogens (tertiary/aromatic N) is 4. The summed E-state index contributed by atoms with van der Waals surface area (Å²) in [7, 11) is 0. The lowest BCUT2D eigenvalue weighted by atomic mass is 10.2. The van der Waals surface area contributed by atoms with E-state index in [9.17, 15) is 9.18 Å². The van der Waals surface area contributed by atoms with Gasteiger partial charge in [-0.1, -0.05) is 41.4 Å². The minimum atomic E-state index is -0.482. The second kappa shape index (κ2) is 9.42. The van der Waals surface area contributed by atoms with Crippen LogP contribution in [0.5, 0.6) is 5.75 Å². The number of hydrogen-bond donors (Lipinski definition) is 1. The van der Waals surface area contributed by atoms with Crippen LogP contribution >= 0.6 is 23.2 Å². The quantitative estimate of drug-likeness (QED) is 0.401. The lowest BCUT2D eigenvalue weighted by molar-refractivity contribution is 0.101. The van der Waals surface area contributed by atoms with Crippen molar-refractivity contribution in [1.29, 1.82) is 0 Å². The number of halogens is 3. The Bertz CT molecular complexity index is 1270. The molecule has 10 heteroatoms. The lowest BCUT2D eigenvalue weighted by Gasteiger charge is -2.07. The summed E-state index contributed by atoms with van der Waals surface area (Å²) in [5.74, 6) is -0.0219. The second-order valence-electron chi connectivity index (χ2n) is 6.99. The molecule has 32 heavy (non-hydrogen) atoms. The summed E-state index contributed by atoms with van der Waals surface area (Å²) in [4.78, 5) is 12.5. The van der Waals surface area contributed by atoms with Crippen LogP contribution in [0.1, 0.15) is 21.6 Å². The minimum Gasteiger partial charge on any atom is -0.471 e. The largest absolute Gasteiger partial charge is 0.471 e. The summed E-state index contributed by atoms with van der Waals surface area (Å²) in [6.45, 7) is 2.18. The smallest absolute Gasteiger partial charge is 0.277 e. The van der Waals surface area contributed by atoms with E-state index >= 15 is 0 Å². The fourth-order valence-corrected chi connectivity index (χ4v) is 3.25. The average molecular weight is 474 g/mol. The van der Waals surface area contributed by atoms with Gasteiger partial charge in [-0.05, 0) is 42.8 Å². The number of carbonyl (C=O) groups excluding carboxylic acids is 1. The summed E-state index contributed by atoms with van der Waals surface area (Å²) in [5.41, 5.74) is 1.52. The maximum atomic E-state index is 13.9. The second-order valence-corrected chi connectivity index (χ2v) is 7.81. The summed E-state index contributed by atoms with van der Waals surface area (Å²) in [5, 5.41) is 11.9. The van der Waals surface area contributed by atoms with E-state index in [1.54, 1.807) is 42.6 Å². The van der Waals surface area contributed by atoms with Crippen molar-refractivity contribution in [1.82, 2.24) is 19.6 Å². The molecule has 7 nitrogen and oxygen atoms in total. The van der Waals surface area contributed by atoms with Crippen molar-refractivity contribution in [2.24, 2.45) is 0 Å². The van der Waals surface area contributed by atoms with Gasteiger partial charge in [-0.25, -0.2) is 9.07 Å². The Morgan fingerprint density at radius 1 is 1.09 bits per heavy atom. The van der Waals surface area contributed by atoms with Gasteiger partial charge in [0.1, 0.15) is 16.6 Å². The van der Waals surface area contributed by atoms with Gasteiger partial charge in [0.15, 0.2) is 18.2 Å². The van der Waals surface area contributed by atoms with Crippen molar-refractivity contribution in [2.45, 2.75) is 20.2 Å². The molecule has 164 valence electrons. The molecule has 2 heterocycles. The van der Waals surface area contributed by atoms with Crippen LogP contribution in [0, 0.1) is 12.7 Å². The summed E-state index contributed by atoms with van der Waals surface area (Å²) >= 11 is 12.2. The molecule has 0 bridgehead atoms. The Labute approximate surface area is 193 Å². The van der Waals surface area contributed by atoms with Crippen LogP contribution in [0.25, 0.3) is 0 Å². The molecular formula is C22H18Cl2FN5O2. The Kier molecular flexibility index (Phi) is 6.43. The van der Waals surface area contributed by atoms with Crippen molar-refractivity contribution in [2.75, 3.05) is 5.32 Å². The monoisotopic (exact) mass is 473 g/mol. The third-order valence-electron chi connectivity index (χ3n) is 4.61. The van der Waals surface area contributed by atoms with E-state index in [-0.39, 0.29) is 35.6 Å². The predicted octanol–water partition coefficient (Wildman–Crippen LogP) is 5.17. The Morgan fingerprint density at radius 2 is 1.91 bits per heavy atom. The van der Waals surface area contributed by atoms with Crippen molar-refractivity contribution in [3.63, 3.8) is 0 Å². The molecule has 0 spiro atoms. The molecule has 1 N–H and O–H groups in total. The fourth-order valence-electron chi connectivity index (χ4n) is 2.94. The topological polar surface area (TPSA) is 74.0 Å². The average Bonchev–Trinajstić information content (AvgIpc) is 3.37. The summed E-state index contributed by atoms with van der Waals surface area (Å²) in [6, 6.07) is 13.3. The predicted molar refractivity (Wildman–Crippen MR) is 120 cm³/mol. The number of aryl methyl sites for hydroxylation is 1. The number of anilines is 1. The molecule has 2 aromatic carbocycles. The van der Waals surface area contributed by atoms with Crippen LogP contribution in [-0.2, 0) is 13.3 Å². The maximum Gasteiger partial charge on any atom is 0.277 e. The van der Waals surface area contributed by atoms with Gasteiger partial charge in [0.25, 0.3) is 5.91 Å². The van der Waals surface area contributed by atoms with Crippen molar-refractivity contribution in [3.8, 4) is 5.75 Å². The van der Waals surface area contributed by atoms with Gasteiger partial charge < -0.3 is 10.1 Å². The number of ether oxygens (including phenoxy) is 1. The molecule has 0 aliphatic heterocycles. The van der Waals surface area contributed by atoms with E-state index in [1.807, 2.05) is 13.0 Å². The molecule has 0 saturated heterocycles. The summed E-state index contributed by atoms with van der Waals surface area (Å²) in [6.07, 6.45) is 3.14. The SMILES string of the molecule is Cc1cc(OCn2ccc(C(=O)Nc3nn(Cc4ccccc4F)cc3Cl)n2)ccc1Cl. The number of carbonyl (C=O) groups is 1. The normalized spacial score (nSPS) is 10.9. The molecular weight excluding hydrogens is 456 g/mol. The van der Waals surface area contributed by atoms with Crippen LogP contribution in [0.3, 0.4) is 0 Å². The highest BCUT2D eigenvalue weighted by molar-refractivity contribution is 6.33. The van der Waals surface area contributed by atoms with E-state index in [1.165, 1.54) is 21.6 Å². The molecule has 0 fully saturated rings. The highest BCUT2D eigenvalue weighted by Gasteiger charge is 2.15. The zero-order valence-corrected chi connectivity index (χ0v) is 18.4. The molecule has 0 aliphatic rings. The van der Waals surface area contributed by atoms with Crippen LogP contribution in [0.4, 0.5) is 10.2 Å². The van der Waals surface area contributed by atoms with E-state index in [2.05, 4.69) is 15.5 Å². The Balaban J connectivity index is 1.38. The fraction of sp³-hybridized carbons (Fsp3) is 0.136. The number of amides is 1. The molecule has 0 atom stereocenters. The number of hydrogen-bond acceptors (Lipinski definition) is 4. The zero-order chi connectivity index (χ0) is 22.7. The van der Waals surface area contributed by atoms with E-state index in [4.69, 9.17) is 27.9 Å². The minimum absolute atomic E-state index is 0.117. The number of benzene rings is 2. The number of rotatable bonds is 7. The maximum absolute atomic E-state index is 13.9. The van der Waals surface area contributed by atoms with Gasteiger partial charge in [0.05, 0.1) is 6.54 Å². The molecule has 2 aromatic heterocycles. The number of nitrogens with one attached hydrogen (secondary N) is 1. The molecule has 0 radical (unpaired) electrons. The van der Waals surface area contributed by atoms with E-state index < -0.39 is 5.91 Å². The van der Waals surface area contributed by atoms with Crippen LogP contribution < -0.4 is 10.1 Å². The lowest BCUT2D eigenvalue weighted by Crippen LogP contribution is -2.15. The molecule has 4 aromatic rings. The van der Waals surface area contributed by atoms with Crippen molar-refractivity contribution < 1.29 is 13.9 Å². The Hall–Kier alpha value is -3.36. The first-order valence-corrected chi connectivity index (χ1v) is 10.3. The van der Waals surface area contributed by atoms with Gasteiger partial charge >= 0.3 is 0 Å². The highest BCUT2D eigenvalue weighted by Crippen LogP contribution is 2.22. The van der Waals surface area contributed by atoms with Gasteiger partial charge in [0.2, 0.25) is 0 Å². The van der Waals surface area contributed by atoms with Gasteiger partial charge in [-0.3, -0.25) is 9.48 Å². The molecule has 0 saturated carbocycles. The van der Waals surface area contributed by atoms with E-state index in [0.29, 0.717) is 16.3 Å². The molecule has 4 rings (SSSR count). The molecule has 0 aliphatic carbocycles. The summed E-state index contributed by atoms with van der Waals surface area (Å²) < 4.78 is 22.5. The molecule has 0 unspecified atom stereocenters. The van der Waals surface area contributed by atoms with Crippen molar-refractivity contribution >= 4 is 34.9 Å². The first kappa shape index (κ1) is 21.9. The van der Waals surface area contributed by atoms with Crippen molar-refractivity contribution in [3.05, 3.63) is 93.6 Å². The first-order chi connectivity index (χ1) is 15.4. The first-order valence-electron chi connectivity index (χ1n) is 9.59. The molecule has 1 amide bonds. The Morgan fingerprint density at radius 3 is 2.69 bits per heavy atom. The highest BCUT2D eigenvalue weighted by atomic mass is 35.5. The standard InChI is InChI=1S/C22H18Cl2FN5O2/c1-14-10-16(6-7-17(14)23)32-13-29-9-8-20(27-29)22(31)26-21-18(24)12-30(28-21)11-15-4-2-3-5-19(15)25/h2-10,12H,11,13H2,1H3,(H,26,28,31). The van der Waals surface area contributed by atoms with Crippen LogP contribution in [-0.4, -0.2) is 25.5 Å². The van der Waals surface area contributed by atoms with E-state index in [0.717, 1.165) is 5.56 Å².